The maximum atomic E-state index is 4.10. The van der Waals surface area contributed by atoms with Crippen LogP contribution in [0.25, 0.3) is 0 Å². The lowest BCUT2D eigenvalue weighted by Crippen LogP contribution is -2.22. The van der Waals surface area contributed by atoms with Crippen LogP contribution >= 0.6 is 38.8 Å². The number of nitrogens with zero attached hydrogens (tertiary/aromatic N) is 2. The summed E-state index contributed by atoms with van der Waals surface area (Å²) in [7, 11) is 0. The molecule has 0 aliphatic carbocycles. The molecule has 17 heavy (non-hydrogen) atoms. The Morgan fingerprint density at radius 1 is 1.47 bits per heavy atom. The predicted molar refractivity (Wildman–Crippen MR) is 76.8 cm³/mol. The van der Waals surface area contributed by atoms with Crippen molar-refractivity contribution in [2.75, 3.05) is 6.54 Å². The van der Waals surface area contributed by atoms with E-state index >= 15 is 0 Å². The Hall–Kier alpha value is -0.300. The van der Waals surface area contributed by atoms with Crippen LogP contribution in [-0.4, -0.2) is 16.1 Å². The molecule has 2 rings (SSSR count). The van der Waals surface area contributed by atoms with E-state index in [1.54, 1.807) is 11.3 Å². The van der Waals surface area contributed by atoms with Crippen LogP contribution in [0.3, 0.4) is 0 Å². The third-order valence-corrected chi connectivity index (χ3v) is 5.28. The van der Waals surface area contributed by atoms with Crippen molar-refractivity contribution in [3.8, 4) is 0 Å². The normalized spacial score (nSPS) is 12.9. The number of thiophene rings is 1. The molecule has 0 radical (unpaired) electrons. The molecule has 0 fully saturated rings. The molecule has 1 N–H and O–H groups in total. The molecular formula is C11H14BrN3S2. The molecule has 0 aromatic carbocycles. The van der Waals surface area contributed by atoms with E-state index in [1.807, 2.05) is 6.92 Å². The summed E-state index contributed by atoms with van der Waals surface area (Å²) in [5.74, 6) is 0. The second-order valence-corrected chi connectivity index (χ2v) is 6.33. The highest BCUT2D eigenvalue weighted by Crippen LogP contribution is 2.35. The number of hydrogen-bond acceptors (Lipinski definition) is 5. The number of aromatic nitrogens is 2. The third kappa shape index (κ3) is 2.93. The van der Waals surface area contributed by atoms with Crippen molar-refractivity contribution in [1.29, 1.82) is 0 Å². The van der Waals surface area contributed by atoms with Crippen molar-refractivity contribution < 1.29 is 0 Å². The van der Waals surface area contributed by atoms with Crippen molar-refractivity contribution in [3.63, 3.8) is 0 Å². The smallest absolute Gasteiger partial charge is 0.0811 e. The Labute approximate surface area is 118 Å². The minimum absolute atomic E-state index is 0.212. The zero-order valence-corrected chi connectivity index (χ0v) is 13.0. The molecule has 2 aromatic rings. The van der Waals surface area contributed by atoms with E-state index < -0.39 is 0 Å². The topological polar surface area (TPSA) is 37.8 Å². The molecule has 3 nitrogen and oxygen atoms in total. The second-order valence-electron chi connectivity index (χ2n) is 3.74. The summed E-state index contributed by atoms with van der Waals surface area (Å²) in [5.41, 5.74) is 1.02. The van der Waals surface area contributed by atoms with Gasteiger partial charge in [0.05, 0.1) is 16.6 Å². The first-order valence-electron chi connectivity index (χ1n) is 5.49. The van der Waals surface area contributed by atoms with Gasteiger partial charge in [0.2, 0.25) is 0 Å². The summed E-state index contributed by atoms with van der Waals surface area (Å²) in [6, 6.07) is 2.30. The summed E-state index contributed by atoms with van der Waals surface area (Å²) >= 11 is 6.84. The van der Waals surface area contributed by atoms with Gasteiger partial charge in [-0.15, -0.1) is 16.4 Å². The highest BCUT2D eigenvalue weighted by Gasteiger charge is 2.21. The van der Waals surface area contributed by atoms with E-state index in [0.717, 1.165) is 23.1 Å². The Balaban J connectivity index is 2.32. The highest BCUT2D eigenvalue weighted by molar-refractivity contribution is 9.10. The van der Waals surface area contributed by atoms with Crippen molar-refractivity contribution >= 4 is 38.8 Å². The minimum atomic E-state index is 0.212. The summed E-state index contributed by atoms with van der Waals surface area (Å²) in [4.78, 5) is 2.51. The molecule has 0 bridgehead atoms. The van der Waals surface area contributed by atoms with Gasteiger partial charge in [-0.1, -0.05) is 11.4 Å². The molecule has 0 amide bonds. The van der Waals surface area contributed by atoms with Gasteiger partial charge in [-0.25, -0.2) is 0 Å². The summed E-state index contributed by atoms with van der Waals surface area (Å²) in [6.07, 6.45) is 1.12. The third-order valence-electron chi connectivity index (χ3n) is 2.45. The summed E-state index contributed by atoms with van der Waals surface area (Å²) in [6.45, 7) is 5.18. The van der Waals surface area contributed by atoms with E-state index in [-0.39, 0.29) is 6.04 Å². The molecule has 0 saturated carbocycles. The van der Waals surface area contributed by atoms with Crippen LogP contribution < -0.4 is 5.32 Å². The van der Waals surface area contributed by atoms with Crippen molar-refractivity contribution in [3.05, 3.63) is 31.4 Å². The molecule has 1 unspecified atom stereocenters. The van der Waals surface area contributed by atoms with Gasteiger partial charge < -0.3 is 5.32 Å². The number of aryl methyl sites for hydroxylation is 1. The van der Waals surface area contributed by atoms with Crippen LogP contribution in [-0.2, 0) is 0 Å². The average Bonchev–Trinajstić information content (AvgIpc) is 2.90. The van der Waals surface area contributed by atoms with Crippen molar-refractivity contribution in [1.82, 2.24) is 14.9 Å². The molecule has 2 heterocycles. The highest BCUT2D eigenvalue weighted by atomic mass is 79.9. The molecular weight excluding hydrogens is 318 g/mol. The number of halogens is 1. The van der Waals surface area contributed by atoms with Crippen LogP contribution in [0.5, 0.6) is 0 Å². The van der Waals surface area contributed by atoms with Crippen LogP contribution in [0.2, 0.25) is 0 Å². The summed E-state index contributed by atoms with van der Waals surface area (Å²) < 4.78 is 5.19. The lowest BCUT2D eigenvalue weighted by atomic mass is 10.1. The molecule has 1 atom stereocenters. The van der Waals surface area contributed by atoms with Gasteiger partial charge in [0, 0.05) is 9.35 Å². The largest absolute Gasteiger partial charge is 0.305 e. The first-order valence-corrected chi connectivity index (χ1v) is 7.93. The fraction of sp³-hybridized carbons (Fsp3) is 0.455. The van der Waals surface area contributed by atoms with E-state index in [4.69, 9.17) is 0 Å². The molecule has 2 aromatic heterocycles. The van der Waals surface area contributed by atoms with Gasteiger partial charge in [-0.3, -0.25) is 0 Å². The predicted octanol–water partition coefficient (Wildman–Crippen LogP) is 3.76. The van der Waals surface area contributed by atoms with E-state index in [2.05, 4.69) is 49.2 Å². The van der Waals surface area contributed by atoms with Crippen molar-refractivity contribution in [2.45, 2.75) is 26.3 Å². The maximum Gasteiger partial charge on any atom is 0.0811 e. The Morgan fingerprint density at radius 3 is 2.82 bits per heavy atom. The minimum Gasteiger partial charge on any atom is -0.305 e. The number of hydrogen-bond donors (Lipinski definition) is 1. The average molecular weight is 332 g/mol. The van der Waals surface area contributed by atoms with Crippen LogP contribution in [0, 0.1) is 6.92 Å². The SMILES string of the molecule is CCCNC(c1sccc1Br)c1snnc1C. The zero-order chi connectivity index (χ0) is 12.3. The Kier molecular flexibility index (Phi) is 4.67. The maximum absolute atomic E-state index is 4.10. The first kappa shape index (κ1) is 13.1. The van der Waals surface area contributed by atoms with Crippen LogP contribution in [0.4, 0.5) is 0 Å². The van der Waals surface area contributed by atoms with Gasteiger partial charge >= 0.3 is 0 Å². The molecule has 0 saturated heterocycles. The molecule has 0 aliphatic rings. The standard InChI is InChI=1S/C11H14BrN3S2/c1-3-5-13-9(10-7(2)14-15-17-10)11-8(12)4-6-16-11/h4,6,9,13H,3,5H2,1-2H3. The van der Waals surface area contributed by atoms with Crippen LogP contribution in [0.15, 0.2) is 15.9 Å². The molecule has 6 heteroatoms. The monoisotopic (exact) mass is 331 g/mol. The second kappa shape index (κ2) is 6.04. The van der Waals surface area contributed by atoms with E-state index in [9.17, 15) is 0 Å². The fourth-order valence-corrected chi connectivity index (χ4v) is 4.10. The number of nitrogens with one attached hydrogen (secondary N) is 1. The number of rotatable bonds is 5. The fourth-order valence-electron chi connectivity index (χ4n) is 1.61. The van der Waals surface area contributed by atoms with Gasteiger partial charge in [0.25, 0.3) is 0 Å². The Morgan fingerprint density at radius 2 is 2.29 bits per heavy atom. The lowest BCUT2D eigenvalue weighted by molar-refractivity contribution is 0.608. The lowest BCUT2D eigenvalue weighted by Gasteiger charge is -2.16. The van der Waals surface area contributed by atoms with Gasteiger partial charge in [0.15, 0.2) is 0 Å². The van der Waals surface area contributed by atoms with Gasteiger partial charge in [-0.05, 0) is 58.8 Å². The van der Waals surface area contributed by atoms with E-state index in [1.165, 1.54) is 21.3 Å². The van der Waals surface area contributed by atoms with Gasteiger partial charge in [-0.2, -0.15) is 0 Å². The zero-order valence-electron chi connectivity index (χ0n) is 9.74. The quantitative estimate of drug-likeness (QED) is 0.906. The molecule has 0 aliphatic heterocycles. The molecule has 0 spiro atoms. The Bertz CT molecular complexity index is 440. The first-order chi connectivity index (χ1) is 8.24. The summed E-state index contributed by atoms with van der Waals surface area (Å²) in [5, 5.41) is 9.77. The van der Waals surface area contributed by atoms with Crippen molar-refractivity contribution in [2.24, 2.45) is 0 Å². The molecule has 92 valence electrons. The van der Waals surface area contributed by atoms with E-state index in [0.29, 0.717) is 0 Å². The van der Waals surface area contributed by atoms with Gasteiger partial charge in [0.1, 0.15) is 0 Å². The van der Waals surface area contributed by atoms with Crippen LogP contribution in [0.1, 0.15) is 34.8 Å².